The highest BCUT2D eigenvalue weighted by atomic mass is 16.3. The summed E-state index contributed by atoms with van der Waals surface area (Å²) < 4.78 is 6.67. The van der Waals surface area contributed by atoms with Crippen LogP contribution in [0.5, 0.6) is 0 Å². The fraction of sp³-hybridized carbons (Fsp3) is 0. The predicted octanol–water partition coefficient (Wildman–Crippen LogP) is 14.9. The summed E-state index contributed by atoms with van der Waals surface area (Å²) >= 11 is 0. The highest BCUT2D eigenvalue weighted by Gasteiger charge is 2.21. The van der Waals surface area contributed by atoms with E-state index < -0.39 is 0 Å². The van der Waals surface area contributed by atoms with Crippen molar-refractivity contribution in [3.8, 4) is 44.5 Å². The third kappa shape index (κ3) is 5.71. The van der Waals surface area contributed by atoms with E-state index in [1.807, 2.05) is 12.1 Å². The summed E-state index contributed by atoms with van der Waals surface area (Å²) in [4.78, 5) is 2.35. The van der Waals surface area contributed by atoms with Gasteiger partial charge in [0.1, 0.15) is 5.58 Å². The van der Waals surface area contributed by atoms with Gasteiger partial charge in [0.05, 0.1) is 5.69 Å². The van der Waals surface area contributed by atoms with Crippen LogP contribution in [0.15, 0.2) is 217 Å². The molecule has 0 radical (unpaired) electrons. The van der Waals surface area contributed by atoms with Crippen LogP contribution in [0.25, 0.3) is 77.2 Å². The number of benzene rings is 9. The largest absolute Gasteiger partial charge is 0.454 e. The molecule has 0 N–H and O–H groups in total. The van der Waals surface area contributed by atoms with Gasteiger partial charge in [0.25, 0.3) is 0 Å². The molecular formula is C52H35NO. The van der Waals surface area contributed by atoms with Crippen LogP contribution in [-0.2, 0) is 0 Å². The summed E-state index contributed by atoms with van der Waals surface area (Å²) in [6, 6.07) is 75.9. The summed E-state index contributed by atoms with van der Waals surface area (Å²) in [7, 11) is 0. The number of hydrogen-bond acceptors (Lipinski definition) is 2. The molecule has 0 atom stereocenters. The lowest BCUT2D eigenvalue weighted by Crippen LogP contribution is -2.10. The van der Waals surface area contributed by atoms with Gasteiger partial charge in [0, 0.05) is 22.1 Å². The molecule has 10 aromatic rings. The van der Waals surface area contributed by atoms with Gasteiger partial charge in [-0.3, -0.25) is 0 Å². The molecule has 0 saturated carbocycles. The molecule has 0 amide bonds. The van der Waals surface area contributed by atoms with Crippen molar-refractivity contribution in [1.82, 2.24) is 0 Å². The van der Waals surface area contributed by atoms with Gasteiger partial charge in [-0.15, -0.1) is 0 Å². The maximum atomic E-state index is 6.67. The zero-order valence-corrected chi connectivity index (χ0v) is 29.6. The molecule has 0 bridgehead atoms. The van der Waals surface area contributed by atoms with Gasteiger partial charge in [0.15, 0.2) is 5.58 Å². The first kappa shape index (κ1) is 31.6. The van der Waals surface area contributed by atoms with Gasteiger partial charge in [-0.1, -0.05) is 170 Å². The second-order valence-corrected chi connectivity index (χ2v) is 13.7. The van der Waals surface area contributed by atoms with E-state index in [4.69, 9.17) is 4.42 Å². The van der Waals surface area contributed by atoms with E-state index >= 15 is 0 Å². The maximum absolute atomic E-state index is 6.67. The first-order valence-electron chi connectivity index (χ1n) is 18.4. The van der Waals surface area contributed by atoms with Crippen LogP contribution in [0.1, 0.15) is 0 Å². The normalized spacial score (nSPS) is 11.3. The third-order valence-corrected chi connectivity index (χ3v) is 10.5. The van der Waals surface area contributed by atoms with Gasteiger partial charge < -0.3 is 9.32 Å². The second kappa shape index (κ2) is 13.4. The van der Waals surface area contributed by atoms with E-state index in [9.17, 15) is 0 Å². The molecule has 0 aliphatic carbocycles. The lowest BCUT2D eigenvalue weighted by molar-refractivity contribution is 0.669. The highest BCUT2D eigenvalue weighted by molar-refractivity contribution is 6.10. The van der Waals surface area contributed by atoms with Gasteiger partial charge in [-0.2, -0.15) is 0 Å². The fourth-order valence-corrected chi connectivity index (χ4v) is 7.78. The Morgan fingerprint density at radius 3 is 1.67 bits per heavy atom. The minimum atomic E-state index is 0.859. The maximum Gasteiger partial charge on any atom is 0.159 e. The molecule has 1 aromatic heterocycles. The Balaban J connectivity index is 1.13. The molecule has 254 valence electrons. The fourth-order valence-electron chi connectivity index (χ4n) is 7.78. The summed E-state index contributed by atoms with van der Waals surface area (Å²) in [6.45, 7) is 0. The average molecular weight is 690 g/mol. The Kier molecular flexibility index (Phi) is 7.85. The molecule has 9 aromatic carbocycles. The number of furan rings is 1. The Morgan fingerprint density at radius 1 is 0.315 bits per heavy atom. The summed E-state index contributed by atoms with van der Waals surface area (Å²) in [6.07, 6.45) is 0. The molecule has 0 spiro atoms. The average Bonchev–Trinajstić information content (AvgIpc) is 3.64. The zero-order valence-electron chi connectivity index (χ0n) is 29.6. The van der Waals surface area contributed by atoms with Crippen molar-refractivity contribution in [1.29, 1.82) is 0 Å². The van der Waals surface area contributed by atoms with Gasteiger partial charge in [-0.25, -0.2) is 0 Å². The molecular weight excluding hydrogens is 655 g/mol. The van der Waals surface area contributed by atoms with E-state index in [-0.39, 0.29) is 0 Å². The van der Waals surface area contributed by atoms with Crippen LogP contribution in [0.2, 0.25) is 0 Å². The predicted molar refractivity (Wildman–Crippen MR) is 228 cm³/mol. The van der Waals surface area contributed by atoms with Crippen molar-refractivity contribution in [3.05, 3.63) is 212 Å². The van der Waals surface area contributed by atoms with E-state index in [0.717, 1.165) is 50.1 Å². The second-order valence-electron chi connectivity index (χ2n) is 13.7. The SMILES string of the molecule is c1ccc(-c2ccc(N(c3cccc(-c4ccc(-c5ccc6ccccc6c5)cc4)c3)c3cccc4c3oc3ccccc34)cc2-c2ccccc2)cc1. The standard InChI is InChI=1S/C52H35NO/c1-3-14-39(15-4-1)46-32-31-45(35-49(46)40-16-5-2-6-17-40)53(50-23-12-22-48-47-21-9-10-24-51(47)54-52(48)50)44-20-11-19-42(34-44)37-25-27-38(28-26-37)43-30-29-36-13-7-8-18-41(36)33-43/h1-35H. The Labute approximate surface area is 314 Å². The van der Waals surface area contributed by atoms with E-state index in [0.29, 0.717) is 0 Å². The Hall–Kier alpha value is -7.16. The first-order chi connectivity index (χ1) is 26.8. The van der Waals surface area contributed by atoms with Crippen molar-refractivity contribution in [2.45, 2.75) is 0 Å². The van der Waals surface area contributed by atoms with Crippen LogP contribution < -0.4 is 4.90 Å². The lowest BCUT2D eigenvalue weighted by Gasteiger charge is -2.27. The van der Waals surface area contributed by atoms with E-state index in [1.165, 1.54) is 44.2 Å². The topological polar surface area (TPSA) is 16.4 Å². The van der Waals surface area contributed by atoms with Gasteiger partial charge in [0.2, 0.25) is 0 Å². The molecule has 2 nitrogen and oxygen atoms in total. The van der Waals surface area contributed by atoms with Crippen molar-refractivity contribution < 1.29 is 4.42 Å². The van der Waals surface area contributed by atoms with Crippen molar-refractivity contribution >= 4 is 49.8 Å². The number of hydrogen-bond donors (Lipinski definition) is 0. The third-order valence-electron chi connectivity index (χ3n) is 10.5. The smallest absolute Gasteiger partial charge is 0.159 e. The van der Waals surface area contributed by atoms with Gasteiger partial charge in [-0.05, 0) is 97.7 Å². The van der Waals surface area contributed by atoms with Crippen LogP contribution in [0.3, 0.4) is 0 Å². The molecule has 0 saturated heterocycles. The summed E-state index contributed by atoms with van der Waals surface area (Å²) in [5.74, 6) is 0. The monoisotopic (exact) mass is 689 g/mol. The number of para-hydroxylation sites is 2. The molecule has 0 fully saturated rings. The number of fused-ring (bicyclic) bond motifs is 4. The molecule has 10 rings (SSSR count). The van der Waals surface area contributed by atoms with Crippen LogP contribution in [-0.4, -0.2) is 0 Å². The quantitative estimate of drug-likeness (QED) is 0.166. The zero-order chi connectivity index (χ0) is 35.8. The molecule has 2 heteroatoms. The number of nitrogens with zero attached hydrogens (tertiary/aromatic N) is 1. The van der Waals surface area contributed by atoms with Crippen LogP contribution >= 0.6 is 0 Å². The highest BCUT2D eigenvalue weighted by Crippen LogP contribution is 2.45. The minimum absolute atomic E-state index is 0.859. The van der Waals surface area contributed by atoms with Crippen LogP contribution in [0, 0.1) is 0 Å². The molecule has 0 unspecified atom stereocenters. The van der Waals surface area contributed by atoms with Crippen molar-refractivity contribution in [2.75, 3.05) is 4.90 Å². The van der Waals surface area contributed by atoms with E-state index in [2.05, 4.69) is 205 Å². The van der Waals surface area contributed by atoms with E-state index in [1.54, 1.807) is 0 Å². The molecule has 0 aliphatic rings. The molecule has 0 aliphatic heterocycles. The summed E-state index contributed by atoms with van der Waals surface area (Å²) in [5.41, 5.74) is 14.2. The van der Waals surface area contributed by atoms with Crippen LogP contribution in [0.4, 0.5) is 17.1 Å². The Morgan fingerprint density at radius 2 is 0.889 bits per heavy atom. The first-order valence-corrected chi connectivity index (χ1v) is 18.4. The van der Waals surface area contributed by atoms with Crippen molar-refractivity contribution in [2.24, 2.45) is 0 Å². The summed E-state index contributed by atoms with van der Waals surface area (Å²) in [5, 5.41) is 4.71. The van der Waals surface area contributed by atoms with Crippen molar-refractivity contribution in [3.63, 3.8) is 0 Å². The Bertz CT molecular complexity index is 2920. The van der Waals surface area contributed by atoms with Gasteiger partial charge >= 0.3 is 0 Å². The molecule has 1 heterocycles. The number of rotatable bonds is 7. The minimum Gasteiger partial charge on any atom is -0.454 e. The lowest BCUT2D eigenvalue weighted by atomic mass is 9.93. The molecule has 54 heavy (non-hydrogen) atoms. The number of anilines is 3.